The Balaban J connectivity index is 4.15. The van der Waals surface area contributed by atoms with Crippen LogP contribution in [0.5, 0.6) is 5.75 Å². The Labute approximate surface area is 224 Å². The lowest BCUT2D eigenvalue weighted by Gasteiger charge is -2.54. The lowest BCUT2D eigenvalue weighted by Crippen LogP contribution is -2.39. The Morgan fingerprint density at radius 2 is 1.28 bits per heavy atom. The van der Waals surface area contributed by atoms with Crippen LogP contribution in [0.3, 0.4) is 0 Å². The fourth-order valence-electron chi connectivity index (χ4n) is 4.91. The number of benzene rings is 1. The van der Waals surface area contributed by atoms with Gasteiger partial charge in [-0.15, -0.1) is 0 Å². The van der Waals surface area contributed by atoms with E-state index in [0.29, 0.717) is 12.8 Å². The molecule has 1 aromatic carbocycles. The topological polar surface area (TPSA) is 82.1 Å². The molecule has 0 heterocycles. The molecule has 0 aliphatic carbocycles. The highest BCUT2D eigenvalue weighted by Gasteiger charge is 2.47. The van der Waals surface area contributed by atoms with Gasteiger partial charge in [0, 0.05) is 0 Å². The molecule has 0 bridgehead atoms. The summed E-state index contributed by atoms with van der Waals surface area (Å²) in [5.74, 6) is 2.65. The zero-order valence-corrected chi connectivity index (χ0v) is 28.7. The first kappa shape index (κ1) is 34.0. The predicted octanol–water partition coefficient (Wildman–Crippen LogP) is 9.02. The first-order valence-electron chi connectivity index (χ1n) is 13.0. The van der Waals surface area contributed by atoms with Crippen molar-refractivity contribution in [3.63, 3.8) is 0 Å². The lowest BCUT2D eigenvalue weighted by atomic mass is 9.79. The van der Waals surface area contributed by atoms with Gasteiger partial charge in [0.15, 0.2) is 0 Å². The minimum Gasteiger partial charge on any atom is -0.544 e. The van der Waals surface area contributed by atoms with E-state index in [0.717, 1.165) is 17.3 Å². The van der Waals surface area contributed by atoms with Crippen molar-refractivity contribution < 1.29 is 27.3 Å². The Morgan fingerprint density at radius 1 is 0.861 bits per heavy atom. The third-order valence-electron chi connectivity index (χ3n) is 6.75. The second-order valence-corrected chi connectivity index (χ2v) is 23.0. The molecule has 0 aromatic heterocycles. The van der Waals surface area contributed by atoms with Gasteiger partial charge in [-0.3, -0.25) is 13.7 Å². The Hall–Kier alpha value is -0.0731. The molecule has 0 aliphatic rings. The highest BCUT2D eigenvalue weighted by atomic mass is 32.3. The van der Waals surface area contributed by atoms with E-state index in [9.17, 15) is 14.0 Å². The number of hydrogen-bond donors (Lipinski definition) is 1. The van der Waals surface area contributed by atoms with Gasteiger partial charge in [0.2, 0.25) is 8.32 Å². The van der Waals surface area contributed by atoms with Gasteiger partial charge in [0.25, 0.3) is 0 Å². The molecular formula is C26H52O6P2SSi. The molecule has 36 heavy (non-hydrogen) atoms. The van der Waals surface area contributed by atoms with Gasteiger partial charge in [-0.1, -0.05) is 69.2 Å². The molecule has 2 atom stereocenters. The van der Waals surface area contributed by atoms with Crippen molar-refractivity contribution >= 4 is 34.9 Å². The molecule has 10 heteroatoms. The summed E-state index contributed by atoms with van der Waals surface area (Å²) in [6, 6.07) is 4.62. The molecule has 0 saturated carbocycles. The van der Waals surface area contributed by atoms with Crippen molar-refractivity contribution in [1.82, 2.24) is 0 Å². The number of rotatable bonds is 12. The third kappa shape index (κ3) is 7.74. The van der Waals surface area contributed by atoms with Crippen LogP contribution in [0.4, 0.5) is 0 Å². The first-order valence-corrected chi connectivity index (χ1v) is 20.9. The molecular weight excluding hydrogens is 530 g/mol. The zero-order valence-electron chi connectivity index (χ0n) is 24.9. The van der Waals surface area contributed by atoms with Crippen LogP contribution in [0.2, 0.25) is 19.6 Å². The Kier molecular flexibility index (Phi) is 11.7. The minimum absolute atomic E-state index is 0.160. The first-order chi connectivity index (χ1) is 16.2. The summed E-state index contributed by atoms with van der Waals surface area (Å²) >= 11 is 0. The summed E-state index contributed by atoms with van der Waals surface area (Å²) in [6.45, 7) is 28.4. The van der Waals surface area contributed by atoms with Crippen molar-refractivity contribution in [2.75, 3.05) is 11.5 Å². The van der Waals surface area contributed by atoms with Crippen LogP contribution in [0.1, 0.15) is 93.2 Å². The molecule has 6 nitrogen and oxygen atoms in total. The van der Waals surface area contributed by atoms with E-state index in [1.165, 1.54) is 16.0 Å². The quantitative estimate of drug-likeness (QED) is 0.196. The largest absolute Gasteiger partial charge is 0.544 e. The molecule has 1 N–H and O–H groups in total. The van der Waals surface area contributed by atoms with Crippen molar-refractivity contribution in [3.05, 3.63) is 23.3 Å². The SMILES string of the molecule is CCC(CC)(O[PH](=O)O[PH](=O)O)S(CC)(CC)c1cc(C(C)(C)C)c(O[Si](C)(C)C)c(C(C)(C)C)c1. The second-order valence-electron chi connectivity index (χ2n) is 12.4. The van der Waals surface area contributed by atoms with Crippen LogP contribution in [-0.2, 0) is 28.8 Å². The van der Waals surface area contributed by atoms with Crippen LogP contribution in [0.15, 0.2) is 17.0 Å². The summed E-state index contributed by atoms with van der Waals surface area (Å²) in [6.07, 6.45) is 1.24. The molecule has 0 radical (unpaired) electrons. The molecule has 1 rings (SSSR count). The van der Waals surface area contributed by atoms with Gasteiger partial charge < -0.3 is 9.32 Å². The third-order valence-corrected chi connectivity index (χ3v) is 14.8. The maximum atomic E-state index is 12.8. The summed E-state index contributed by atoms with van der Waals surface area (Å²) in [7, 11) is -10.1. The second kappa shape index (κ2) is 12.4. The van der Waals surface area contributed by atoms with Gasteiger partial charge in [-0.2, -0.15) is 10.0 Å². The van der Waals surface area contributed by atoms with E-state index in [-0.39, 0.29) is 10.8 Å². The Morgan fingerprint density at radius 3 is 1.56 bits per heavy atom. The van der Waals surface area contributed by atoms with E-state index in [4.69, 9.17) is 13.3 Å². The molecule has 0 saturated heterocycles. The van der Waals surface area contributed by atoms with Crippen molar-refractivity contribution in [2.45, 2.75) is 122 Å². The van der Waals surface area contributed by atoms with Gasteiger partial charge in [-0.05, 0) is 83.0 Å². The number of hydrogen-bond acceptors (Lipinski definition) is 5. The van der Waals surface area contributed by atoms with Gasteiger partial charge in [0.1, 0.15) is 10.7 Å². The maximum absolute atomic E-state index is 12.8. The monoisotopic (exact) mass is 582 g/mol. The molecule has 0 amide bonds. The molecule has 0 spiro atoms. The normalized spacial score (nSPS) is 16.1. The summed E-state index contributed by atoms with van der Waals surface area (Å²) in [5.41, 5.74) is 2.04. The van der Waals surface area contributed by atoms with E-state index >= 15 is 0 Å². The standard InChI is InChI=1S/C26H52O6P2SSi/c1-14-26(15-2,31-34(29)32-33(27)28)35(16-3,17-4)20-18-21(24(5,6)7)23(30-36(11,12)13)22(19-20)25(8,9)10/h18-19,33-34H,14-17H2,1-13H3,(H,27,28). The molecule has 0 fully saturated rings. The zero-order chi connectivity index (χ0) is 28.3. The van der Waals surface area contributed by atoms with Crippen LogP contribution in [0.25, 0.3) is 0 Å². The Bertz CT molecular complexity index is 904. The molecule has 212 valence electrons. The summed E-state index contributed by atoms with van der Waals surface area (Å²) < 4.78 is 41.8. The van der Waals surface area contributed by atoms with Crippen molar-refractivity contribution in [2.24, 2.45) is 0 Å². The van der Waals surface area contributed by atoms with Crippen LogP contribution in [0, 0.1) is 0 Å². The van der Waals surface area contributed by atoms with Gasteiger partial charge in [0.05, 0.1) is 0 Å². The highest BCUT2D eigenvalue weighted by Crippen LogP contribution is 2.70. The molecule has 1 aromatic rings. The lowest BCUT2D eigenvalue weighted by molar-refractivity contribution is 0.144. The van der Waals surface area contributed by atoms with E-state index in [1.807, 2.05) is 13.8 Å². The van der Waals surface area contributed by atoms with Gasteiger partial charge >= 0.3 is 16.5 Å². The fraction of sp³-hybridized carbons (Fsp3) is 0.769. The smallest absolute Gasteiger partial charge is 0.327 e. The van der Waals surface area contributed by atoms with Gasteiger partial charge in [-0.25, -0.2) is 4.31 Å². The van der Waals surface area contributed by atoms with Crippen LogP contribution >= 0.6 is 26.5 Å². The van der Waals surface area contributed by atoms with E-state index in [2.05, 4.69) is 87.2 Å². The maximum Gasteiger partial charge on any atom is 0.327 e. The average molecular weight is 583 g/mol. The highest BCUT2D eigenvalue weighted by molar-refractivity contribution is 8.34. The van der Waals surface area contributed by atoms with Crippen molar-refractivity contribution in [1.29, 1.82) is 0 Å². The summed E-state index contributed by atoms with van der Waals surface area (Å²) in [5, 5.41) is 0. The van der Waals surface area contributed by atoms with Crippen LogP contribution in [-0.4, -0.2) is 29.6 Å². The minimum atomic E-state index is -3.36. The average Bonchev–Trinajstić information content (AvgIpc) is 2.71. The molecule has 0 aliphatic heterocycles. The van der Waals surface area contributed by atoms with E-state index in [1.54, 1.807) is 0 Å². The molecule has 2 unspecified atom stereocenters. The van der Waals surface area contributed by atoms with Crippen LogP contribution < -0.4 is 4.43 Å². The fourth-order valence-corrected chi connectivity index (χ4v) is 12.3. The summed E-state index contributed by atoms with van der Waals surface area (Å²) in [4.78, 5) is 9.69. The predicted molar refractivity (Wildman–Crippen MR) is 160 cm³/mol. The van der Waals surface area contributed by atoms with Crippen molar-refractivity contribution in [3.8, 4) is 5.75 Å². The van der Waals surface area contributed by atoms with E-state index < -0.39 is 39.8 Å².